The third kappa shape index (κ3) is 3.54. The fourth-order valence-electron chi connectivity index (χ4n) is 5.45. The van der Waals surface area contributed by atoms with Gasteiger partial charge >= 0.3 is 0 Å². The maximum atomic E-state index is 13.3. The van der Waals surface area contributed by atoms with Crippen molar-refractivity contribution in [3.8, 4) is 11.3 Å². The first-order valence-electron chi connectivity index (χ1n) is 11.6. The molecule has 0 unspecified atom stereocenters. The smallest absolute Gasteiger partial charge is 0.253 e. The first kappa shape index (κ1) is 19.7. The van der Waals surface area contributed by atoms with Crippen LogP contribution in [-0.2, 0) is 0 Å². The van der Waals surface area contributed by atoms with Crippen molar-refractivity contribution in [2.45, 2.75) is 50.7 Å². The van der Waals surface area contributed by atoms with Crippen LogP contribution in [0.25, 0.3) is 11.3 Å². The minimum Gasteiger partial charge on any atom is -0.461 e. The lowest BCUT2D eigenvalue weighted by Crippen LogP contribution is -2.36. The van der Waals surface area contributed by atoms with Gasteiger partial charge in [0.25, 0.3) is 5.91 Å². The van der Waals surface area contributed by atoms with E-state index in [0.29, 0.717) is 36.3 Å². The normalized spacial score (nSPS) is 27.5. The molecule has 166 valence electrons. The van der Waals surface area contributed by atoms with E-state index in [2.05, 4.69) is 10.3 Å². The highest BCUT2D eigenvalue weighted by Crippen LogP contribution is 2.43. The lowest BCUT2D eigenvalue weighted by atomic mass is 9.77. The average molecular weight is 433 g/mol. The van der Waals surface area contributed by atoms with Crippen LogP contribution in [0, 0.1) is 18.8 Å². The van der Waals surface area contributed by atoms with Crippen LogP contribution in [0.1, 0.15) is 59.5 Å². The maximum absolute atomic E-state index is 13.3. The van der Waals surface area contributed by atoms with Crippen molar-refractivity contribution in [2.24, 2.45) is 11.8 Å². The van der Waals surface area contributed by atoms with Crippen molar-refractivity contribution in [2.75, 3.05) is 13.1 Å². The summed E-state index contributed by atoms with van der Waals surface area (Å²) >= 11 is 0. The van der Waals surface area contributed by atoms with Crippen molar-refractivity contribution < 1.29 is 14.3 Å². The number of nitrogens with zero attached hydrogens (tertiary/aromatic N) is 4. The van der Waals surface area contributed by atoms with Crippen molar-refractivity contribution in [1.29, 1.82) is 0 Å². The van der Waals surface area contributed by atoms with Crippen LogP contribution < -0.4 is 0 Å². The number of aliphatic hydroxyl groups is 1. The second-order valence-corrected chi connectivity index (χ2v) is 9.73. The number of fused-ring (bicyclic) bond motifs is 1. The number of aromatic nitrogens is 3. The summed E-state index contributed by atoms with van der Waals surface area (Å²) in [7, 11) is 0. The molecule has 3 fully saturated rings. The third-order valence-corrected chi connectivity index (χ3v) is 7.39. The SMILES string of the molecule is Cc1ccc(-c2cccc(C(=O)N3C[C@H]4C[C@@H](n5cc(C6CC6)nn5)[C@H](O)C[C@H]4C3)c2)o1. The van der Waals surface area contributed by atoms with Crippen LogP contribution in [0.3, 0.4) is 0 Å². The van der Waals surface area contributed by atoms with E-state index in [4.69, 9.17) is 4.42 Å². The molecule has 1 saturated heterocycles. The number of hydrogen-bond donors (Lipinski definition) is 1. The van der Waals surface area contributed by atoms with E-state index >= 15 is 0 Å². The highest BCUT2D eigenvalue weighted by atomic mass is 16.3. The number of hydrogen-bond acceptors (Lipinski definition) is 5. The number of aryl methyl sites for hydroxylation is 1. The molecule has 2 saturated carbocycles. The molecule has 6 rings (SSSR count). The van der Waals surface area contributed by atoms with Gasteiger partial charge in [0.2, 0.25) is 0 Å². The Balaban J connectivity index is 1.17. The Labute approximate surface area is 187 Å². The van der Waals surface area contributed by atoms with Gasteiger partial charge in [0.1, 0.15) is 11.5 Å². The topological polar surface area (TPSA) is 84.4 Å². The number of furan rings is 1. The summed E-state index contributed by atoms with van der Waals surface area (Å²) in [6.45, 7) is 3.33. The van der Waals surface area contributed by atoms with Gasteiger partial charge in [-0.25, -0.2) is 4.68 Å². The molecule has 1 aromatic carbocycles. The Hall–Kier alpha value is -2.93. The van der Waals surface area contributed by atoms with E-state index in [-0.39, 0.29) is 11.9 Å². The first-order valence-corrected chi connectivity index (χ1v) is 11.6. The van der Waals surface area contributed by atoms with Crippen LogP contribution in [0.5, 0.6) is 0 Å². The molecule has 1 amide bonds. The molecule has 0 radical (unpaired) electrons. The second-order valence-electron chi connectivity index (χ2n) is 9.73. The van der Waals surface area contributed by atoms with Gasteiger partial charge < -0.3 is 14.4 Å². The number of carbonyl (C=O) groups is 1. The fourth-order valence-corrected chi connectivity index (χ4v) is 5.45. The number of rotatable bonds is 4. The summed E-state index contributed by atoms with van der Waals surface area (Å²) in [4.78, 5) is 15.3. The van der Waals surface area contributed by atoms with E-state index in [1.807, 2.05) is 59.1 Å². The number of amides is 1. The number of aliphatic hydroxyl groups excluding tert-OH is 1. The molecule has 3 heterocycles. The van der Waals surface area contributed by atoms with Gasteiger partial charge in [-0.15, -0.1) is 5.10 Å². The molecule has 2 aliphatic carbocycles. The maximum Gasteiger partial charge on any atom is 0.253 e. The van der Waals surface area contributed by atoms with Crippen LogP contribution in [-0.4, -0.2) is 50.1 Å². The number of carbonyl (C=O) groups excluding carboxylic acids is 1. The Morgan fingerprint density at radius 2 is 1.94 bits per heavy atom. The molecule has 2 aromatic heterocycles. The van der Waals surface area contributed by atoms with Crippen LogP contribution in [0.2, 0.25) is 0 Å². The summed E-state index contributed by atoms with van der Waals surface area (Å²) in [5.41, 5.74) is 2.64. The zero-order chi connectivity index (χ0) is 21.8. The largest absolute Gasteiger partial charge is 0.461 e. The van der Waals surface area contributed by atoms with Gasteiger partial charge in [-0.2, -0.15) is 0 Å². The minimum absolute atomic E-state index is 0.0485. The molecule has 1 aliphatic heterocycles. The lowest BCUT2D eigenvalue weighted by Gasteiger charge is -2.34. The number of benzene rings is 1. The molecule has 0 spiro atoms. The van der Waals surface area contributed by atoms with Crippen molar-refractivity contribution in [3.05, 3.63) is 59.6 Å². The van der Waals surface area contributed by atoms with Crippen molar-refractivity contribution in [3.63, 3.8) is 0 Å². The van der Waals surface area contributed by atoms with Gasteiger partial charge in [0, 0.05) is 36.3 Å². The monoisotopic (exact) mass is 432 g/mol. The molecule has 3 aromatic rings. The van der Waals surface area contributed by atoms with Crippen LogP contribution in [0.15, 0.2) is 47.0 Å². The lowest BCUT2D eigenvalue weighted by molar-refractivity contribution is 0.0298. The molecule has 1 N–H and O–H groups in total. The highest BCUT2D eigenvalue weighted by Gasteiger charge is 2.44. The highest BCUT2D eigenvalue weighted by molar-refractivity contribution is 5.95. The standard InChI is InChI=1S/C25H28N4O3/c1-15-5-8-24(32-15)17-3-2-4-18(9-17)25(31)28-12-19-10-22(23(30)11-20(19)13-28)29-14-21(26-27-29)16-6-7-16/h2-5,8-9,14,16,19-20,22-23,30H,6-7,10-13H2,1H3/t19-,20+,22-,23-/m1/s1. The second kappa shape index (κ2) is 7.59. The average Bonchev–Trinajstić information content (AvgIpc) is 3.18. The molecule has 4 atom stereocenters. The van der Waals surface area contributed by atoms with E-state index < -0.39 is 6.10 Å². The zero-order valence-electron chi connectivity index (χ0n) is 18.2. The quantitative estimate of drug-likeness (QED) is 0.678. The summed E-state index contributed by atoms with van der Waals surface area (Å²) < 4.78 is 7.60. The van der Waals surface area contributed by atoms with E-state index in [0.717, 1.165) is 35.7 Å². The summed E-state index contributed by atoms with van der Waals surface area (Å²) in [6, 6.07) is 11.5. The third-order valence-electron chi connectivity index (χ3n) is 7.39. The Kier molecular flexibility index (Phi) is 4.68. The van der Waals surface area contributed by atoms with E-state index in [1.165, 1.54) is 12.8 Å². The molecule has 32 heavy (non-hydrogen) atoms. The summed E-state index contributed by atoms with van der Waals surface area (Å²) in [5.74, 6) is 2.93. The predicted molar refractivity (Wildman–Crippen MR) is 118 cm³/mol. The van der Waals surface area contributed by atoms with Gasteiger partial charge in [-0.05, 0) is 68.7 Å². The van der Waals surface area contributed by atoms with Crippen molar-refractivity contribution in [1.82, 2.24) is 19.9 Å². The summed E-state index contributed by atoms with van der Waals surface area (Å²) in [5, 5.41) is 19.5. The van der Waals surface area contributed by atoms with Gasteiger partial charge in [0.15, 0.2) is 0 Å². The van der Waals surface area contributed by atoms with Crippen LogP contribution >= 0.6 is 0 Å². The van der Waals surface area contributed by atoms with E-state index in [9.17, 15) is 9.90 Å². The van der Waals surface area contributed by atoms with Crippen molar-refractivity contribution >= 4 is 5.91 Å². The number of likely N-dealkylation sites (tertiary alicyclic amines) is 1. The van der Waals surface area contributed by atoms with Crippen LogP contribution in [0.4, 0.5) is 0 Å². The Morgan fingerprint density at radius 1 is 1.12 bits per heavy atom. The Bertz CT molecular complexity index is 1150. The van der Waals surface area contributed by atoms with Gasteiger partial charge in [0.05, 0.1) is 17.8 Å². The van der Waals surface area contributed by atoms with Gasteiger partial charge in [-0.1, -0.05) is 17.3 Å². The predicted octanol–water partition coefficient (Wildman–Crippen LogP) is 3.81. The molecular formula is C25H28N4O3. The molecule has 7 heteroatoms. The van der Waals surface area contributed by atoms with Gasteiger partial charge in [-0.3, -0.25) is 4.79 Å². The Morgan fingerprint density at radius 3 is 2.69 bits per heavy atom. The minimum atomic E-state index is -0.453. The first-order chi connectivity index (χ1) is 15.5. The van der Waals surface area contributed by atoms with E-state index in [1.54, 1.807) is 0 Å². The summed E-state index contributed by atoms with van der Waals surface area (Å²) in [6.07, 6.45) is 5.47. The molecule has 7 nitrogen and oxygen atoms in total. The zero-order valence-corrected chi connectivity index (χ0v) is 18.2. The molecule has 3 aliphatic rings. The fraction of sp³-hybridized carbons (Fsp3) is 0.480. The molecule has 0 bridgehead atoms. The molecular weight excluding hydrogens is 404 g/mol.